The zero-order chi connectivity index (χ0) is 15.8. The topological polar surface area (TPSA) is 71.3 Å². The van der Waals surface area contributed by atoms with E-state index >= 15 is 0 Å². The number of furan rings is 1. The Labute approximate surface area is 133 Å². The van der Waals surface area contributed by atoms with Gasteiger partial charge >= 0.3 is 0 Å². The van der Waals surface area contributed by atoms with Crippen LogP contribution in [0.15, 0.2) is 53.2 Å². The molecule has 0 fully saturated rings. The third-order valence-electron chi connectivity index (χ3n) is 2.78. The highest BCUT2D eigenvalue weighted by Crippen LogP contribution is 2.15. The van der Waals surface area contributed by atoms with E-state index in [1.165, 1.54) is 12.3 Å². The van der Waals surface area contributed by atoms with Gasteiger partial charge in [0.1, 0.15) is 5.76 Å². The Balaban J connectivity index is 1.73. The molecule has 5 nitrogen and oxygen atoms in total. The number of hydrogen-bond acceptors (Lipinski definition) is 3. The van der Waals surface area contributed by atoms with Crippen molar-refractivity contribution in [2.45, 2.75) is 6.54 Å². The zero-order valence-corrected chi connectivity index (χ0v) is 12.5. The van der Waals surface area contributed by atoms with Gasteiger partial charge in [-0.2, -0.15) is 0 Å². The van der Waals surface area contributed by atoms with Crippen molar-refractivity contribution >= 4 is 29.5 Å². The van der Waals surface area contributed by atoms with E-state index in [1.807, 2.05) is 12.1 Å². The molecule has 1 aromatic heterocycles. The molecule has 2 rings (SSSR count). The van der Waals surface area contributed by atoms with Gasteiger partial charge in [0.25, 0.3) is 0 Å². The number of nitrogens with one attached hydrogen (secondary N) is 2. The van der Waals surface area contributed by atoms with Crippen molar-refractivity contribution in [2.75, 3.05) is 6.54 Å². The number of hydrogen-bond donors (Lipinski definition) is 2. The largest absolute Gasteiger partial charge is 0.467 e. The first-order valence-electron chi connectivity index (χ1n) is 6.64. The summed E-state index contributed by atoms with van der Waals surface area (Å²) in [7, 11) is 0. The summed E-state index contributed by atoms with van der Waals surface area (Å²) in [5, 5.41) is 5.68. The summed E-state index contributed by atoms with van der Waals surface area (Å²) in [4.78, 5) is 23.2. The van der Waals surface area contributed by atoms with Crippen LogP contribution < -0.4 is 10.6 Å². The van der Waals surface area contributed by atoms with Crippen LogP contribution in [0.2, 0.25) is 5.02 Å². The highest BCUT2D eigenvalue weighted by molar-refractivity contribution is 6.32. The molecule has 2 N–H and O–H groups in total. The van der Waals surface area contributed by atoms with Crippen LogP contribution in [0.1, 0.15) is 11.3 Å². The van der Waals surface area contributed by atoms with Gasteiger partial charge in [-0.25, -0.2) is 0 Å². The minimum Gasteiger partial charge on any atom is -0.467 e. The lowest BCUT2D eigenvalue weighted by molar-refractivity contribution is -0.124. The molecule has 2 aromatic rings. The van der Waals surface area contributed by atoms with Gasteiger partial charge in [-0.1, -0.05) is 29.8 Å². The molecule has 0 saturated heterocycles. The molecule has 0 aliphatic rings. The van der Waals surface area contributed by atoms with Crippen molar-refractivity contribution in [3.8, 4) is 0 Å². The van der Waals surface area contributed by atoms with E-state index in [-0.39, 0.29) is 24.9 Å². The average Bonchev–Trinajstić information content (AvgIpc) is 3.03. The standard InChI is InChI=1S/C16H15ClN2O3/c17-14-6-2-1-4-12(14)7-8-15(20)19-11-16(21)18-10-13-5-3-9-22-13/h1-9H,10-11H2,(H,18,21)(H,19,20)/b8-7+. The lowest BCUT2D eigenvalue weighted by Gasteiger charge is -2.04. The minimum absolute atomic E-state index is 0.105. The zero-order valence-electron chi connectivity index (χ0n) is 11.7. The highest BCUT2D eigenvalue weighted by atomic mass is 35.5. The first-order valence-corrected chi connectivity index (χ1v) is 7.02. The van der Waals surface area contributed by atoms with Crippen molar-refractivity contribution in [1.82, 2.24) is 10.6 Å². The Bertz CT molecular complexity index is 666. The second kappa shape index (κ2) is 8.05. The number of carbonyl (C=O) groups is 2. The second-order valence-corrected chi connectivity index (χ2v) is 4.84. The fourth-order valence-corrected chi connectivity index (χ4v) is 1.86. The molecule has 1 aromatic carbocycles. The Morgan fingerprint density at radius 2 is 1.95 bits per heavy atom. The number of benzene rings is 1. The molecular weight excluding hydrogens is 304 g/mol. The van der Waals surface area contributed by atoms with Crippen LogP contribution in [0.4, 0.5) is 0 Å². The minimum atomic E-state index is -0.368. The van der Waals surface area contributed by atoms with Gasteiger partial charge in [-0.3, -0.25) is 9.59 Å². The highest BCUT2D eigenvalue weighted by Gasteiger charge is 2.04. The molecule has 0 aliphatic heterocycles. The van der Waals surface area contributed by atoms with Crippen LogP contribution in [0, 0.1) is 0 Å². The molecular formula is C16H15ClN2O3. The predicted octanol–water partition coefficient (Wildman–Crippen LogP) is 2.38. The van der Waals surface area contributed by atoms with Crippen molar-refractivity contribution in [3.05, 3.63) is 65.1 Å². The quantitative estimate of drug-likeness (QED) is 0.803. The lowest BCUT2D eigenvalue weighted by Crippen LogP contribution is -2.35. The fraction of sp³-hybridized carbons (Fsp3) is 0.125. The van der Waals surface area contributed by atoms with Crippen LogP contribution in [-0.4, -0.2) is 18.4 Å². The Hall–Kier alpha value is -2.53. The van der Waals surface area contributed by atoms with Crippen LogP contribution in [0.3, 0.4) is 0 Å². The van der Waals surface area contributed by atoms with Crippen LogP contribution in [-0.2, 0) is 16.1 Å². The number of rotatable bonds is 6. The maximum Gasteiger partial charge on any atom is 0.244 e. The van der Waals surface area contributed by atoms with Crippen LogP contribution in [0.25, 0.3) is 6.08 Å². The molecule has 0 bridgehead atoms. The third kappa shape index (κ3) is 5.10. The molecule has 22 heavy (non-hydrogen) atoms. The molecule has 0 saturated carbocycles. The second-order valence-electron chi connectivity index (χ2n) is 4.43. The Morgan fingerprint density at radius 3 is 2.68 bits per heavy atom. The maximum atomic E-state index is 11.6. The van der Waals surface area contributed by atoms with E-state index in [4.69, 9.17) is 16.0 Å². The molecule has 0 spiro atoms. The summed E-state index contributed by atoms with van der Waals surface area (Å²) in [5.74, 6) is -0.0118. The lowest BCUT2D eigenvalue weighted by atomic mass is 10.2. The van der Waals surface area contributed by atoms with Gasteiger partial charge in [0, 0.05) is 11.1 Å². The third-order valence-corrected chi connectivity index (χ3v) is 3.13. The Kier molecular flexibility index (Phi) is 5.80. The van der Waals surface area contributed by atoms with Crippen LogP contribution >= 0.6 is 11.6 Å². The van der Waals surface area contributed by atoms with Gasteiger partial charge in [0.05, 0.1) is 19.4 Å². The van der Waals surface area contributed by atoms with Gasteiger partial charge in [0.2, 0.25) is 11.8 Å². The van der Waals surface area contributed by atoms with Gasteiger partial charge in [-0.05, 0) is 29.8 Å². The molecule has 114 valence electrons. The van der Waals surface area contributed by atoms with E-state index in [0.29, 0.717) is 10.8 Å². The van der Waals surface area contributed by atoms with Crippen molar-refractivity contribution in [2.24, 2.45) is 0 Å². The number of halogens is 1. The van der Waals surface area contributed by atoms with Gasteiger partial charge in [-0.15, -0.1) is 0 Å². The monoisotopic (exact) mass is 318 g/mol. The first kappa shape index (κ1) is 15.9. The summed E-state index contributed by atoms with van der Waals surface area (Å²) in [6.07, 6.45) is 4.46. The van der Waals surface area contributed by atoms with Crippen molar-refractivity contribution < 1.29 is 14.0 Å². The van der Waals surface area contributed by atoms with Crippen molar-refractivity contribution in [1.29, 1.82) is 0 Å². The molecule has 0 atom stereocenters. The van der Waals surface area contributed by atoms with E-state index in [9.17, 15) is 9.59 Å². The smallest absolute Gasteiger partial charge is 0.244 e. The van der Waals surface area contributed by atoms with E-state index in [0.717, 1.165) is 5.56 Å². The van der Waals surface area contributed by atoms with Gasteiger partial charge in [0.15, 0.2) is 0 Å². The van der Waals surface area contributed by atoms with Crippen molar-refractivity contribution in [3.63, 3.8) is 0 Å². The number of carbonyl (C=O) groups excluding carboxylic acids is 2. The van der Waals surface area contributed by atoms with E-state index in [2.05, 4.69) is 10.6 Å². The SMILES string of the molecule is O=C(/C=C/c1ccccc1Cl)NCC(=O)NCc1ccco1. The Morgan fingerprint density at radius 1 is 1.14 bits per heavy atom. The number of amides is 2. The summed E-state index contributed by atoms with van der Waals surface area (Å²) in [5.41, 5.74) is 0.738. The fourth-order valence-electron chi connectivity index (χ4n) is 1.66. The molecule has 0 unspecified atom stereocenters. The van der Waals surface area contributed by atoms with Gasteiger partial charge < -0.3 is 15.1 Å². The molecule has 0 radical (unpaired) electrons. The molecule has 6 heteroatoms. The average molecular weight is 319 g/mol. The summed E-state index contributed by atoms with van der Waals surface area (Å²) < 4.78 is 5.08. The van der Waals surface area contributed by atoms with E-state index in [1.54, 1.807) is 30.3 Å². The summed E-state index contributed by atoms with van der Waals surface area (Å²) in [6, 6.07) is 10.7. The van der Waals surface area contributed by atoms with Crippen LogP contribution in [0.5, 0.6) is 0 Å². The molecule has 0 aliphatic carbocycles. The molecule has 1 heterocycles. The molecule has 2 amide bonds. The summed E-state index contributed by atoms with van der Waals surface area (Å²) in [6.45, 7) is 0.184. The van der Waals surface area contributed by atoms with E-state index < -0.39 is 0 Å². The normalized spacial score (nSPS) is 10.6. The first-order chi connectivity index (χ1) is 10.6. The maximum absolute atomic E-state index is 11.6. The predicted molar refractivity (Wildman–Crippen MR) is 84.1 cm³/mol. The summed E-state index contributed by atoms with van der Waals surface area (Å²) >= 11 is 5.97.